The Hall–Kier alpha value is -1.09. The van der Waals surface area contributed by atoms with Gasteiger partial charge in [-0.3, -0.25) is 0 Å². The average Bonchev–Trinajstić information content (AvgIpc) is 2.48. The van der Waals surface area contributed by atoms with Crippen LogP contribution in [0.1, 0.15) is 64.0 Å². The summed E-state index contributed by atoms with van der Waals surface area (Å²) in [5.74, 6) is 0.216. The number of para-hydroxylation sites is 1. The third kappa shape index (κ3) is 3.95. The molecule has 1 fully saturated rings. The lowest BCUT2D eigenvalue weighted by Gasteiger charge is -2.26. The van der Waals surface area contributed by atoms with Gasteiger partial charge in [0.05, 0.1) is 6.10 Å². The zero-order valence-corrected chi connectivity index (χ0v) is 12.6. The summed E-state index contributed by atoms with van der Waals surface area (Å²) in [6.07, 6.45) is 7.00. The van der Waals surface area contributed by atoms with E-state index in [2.05, 4.69) is 19.2 Å². The minimum atomic E-state index is -0.238. The molecule has 1 aromatic carbocycles. The fourth-order valence-corrected chi connectivity index (χ4v) is 2.81. The molecule has 0 amide bonds. The summed E-state index contributed by atoms with van der Waals surface area (Å²) in [5, 5.41) is 3.41. The molecule has 1 N–H and O–H groups in total. The fraction of sp³-hybridized carbons (Fsp3) is 0.647. The molecule has 20 heavy (non-hydrogen) atoms. The van der Waals surface area contributed by atoms with Crippen LogP contribution < -0.4 is 10.1 Å². The fourth-order valence-electron chi connectivity index (χ4n) is 2.81. The van der Waals surface area contributed by atoms with Crippen LogP contribution >= 0.6 is 0 Å². The number of hydrogen-bond donors (Lipinski definition) is 1. The smallest absolute Gasteiger partial charge is 0.165 e. The molecule has 3 heteroatoms. The molecular weight excluding hydrogens is 253 g/mol. The zero-order chi connectivity index (χ0) is 14.4. The maximum absolute atomic E-state index is 14.1. The van der Waals surface area contributed by atoms with E-state index in [9.17, 15) is 4.39 Å². The summed E-state index contributed by atoms with van der Waals surface area (Å²) in [5.41, 5.74) is 0.934. The molecule has 1 aliphatic rings. The van der Waals surface area contributed by atoms with Gasteiger partial charge in [-0.1, -0.05) is 25.5 Å². The zero-order valence-electron chi connectivity index (χ0n) is 12.6. The highest BCUT2D eigenvalue weighted by Crippen LogP contribution is 2.31. The summed E-state index contributed by atoms with van der Waals surface area (Å²) >= 11 is 0. The highest BCUT2D eigenvalue weighted by atomic mass is 19.1. The van der Waals surface area contributed by atoms with Crippen LogP contribution in [-0.2, 0) is 0 Å². The highest BCUT2D eigenvalue weighted by molar-refractivity contribution is 5.37. The van der Waals surface area contributed by atoms with Crippen LogP contribution in [0.25, 0.3) is 0 Å². The molecular formula is C17H26FNO. The monoisotopic (exact) mass is 279 g/mol. The topological polar surface area (TPSA) is 21.3 Å². The standard InChI is InChI=1S/C17H26FNO/c1-3-12-19-13(2)15-10-7-11-16(18)17(15)20-14-8-5-4-6-9-14/h7,10-11,13-14,19H,3-6,8-9,12H2,1-2H3. The Morgan fingerprint density at radius 2 is 2.05 bits per heavy atom. The summed E-state index contributed by atoms with van der Waals surface area (Å²) in [6.45, 7) is 5.13. The van der Waals surface area contributed by atoms with Crippen molar-refractivity contribution in [1.29, 1.82) is 0 Å². The van der Waals surface area contributed by atoms with E-state index in [0.29, 0.717) is 5.75 Å². The number of ether oxygens (including phenoxy) is 1. The highest BCUT2D eigenvalue weighted by Gasteiger charge is 2.20. The van der Waals surface area contributed by atoms with Gasteiger partial charge in [-0.25, -0.2) is 4.39 Å². The molecule has 0 aliphatic heterocycles. The maximum Gasteiger partial charge on any atom is 0.165 e. The Labute approximate surface area is 121 Å². The van der Waals surface area contributed by atoms with Crippen molar-refractivity contribution in [2.24, 2.45) is 0 Å². The first kappa shape index (κ1) is 15.3. The van der Waals surface area contributed by atoms with Crippen molar-refractivity contribution in [3.63, 3.8) is 0 Å². The van der Waals surface area contributed by atoms with E-state index in [0.717, 1.165) is 31.4 Å². The van der Waals surface area contributed by atoms with Crippen molar-refractivity contribution in [1.82, 2.24) is 5.32 Å². The third-order valence-corrected chi connectivity index (χ3v) is 4.00. The van der Waals surface area contributed by atoms with E-state index in [4.69, 9.17) is 4.74 Å². The Morgan fingerprint density at radius 3 is 2.75 bits per heavy atom. The molecule has 2 rings (SSSR count). The summed E-state index contributed by atoms with van der Waals surface area (Å²) in [6, 6.07) is 5.34. The van der Waals surface area contributed by atoms with Gasteiger partial charge in [0.15, 0.2) is 11.6 Å². The first-order valence-corrected chi connectivity index (χ1v) is 7.90. The van der Waals surface area contributed by atoms with E-state index < -0.39 is 0 Å². The van der Waals surface area contributed by atoms with Gasteiger partial charge in [-0.05, 0) is 51.6 Å². The minimum Gasteiger partial charge on any atom is -0.487 e. The molecule has 1 aromatic rings. The van der Waals surface area contributed by atoms with Crippen molar-refractivity contribution in [3.05, 3.63) is 29.6 Å². The maximum atomic E-state index is 14.1. The molecule has 1 aliphatic carbocycles. The summed E-state index contributed by atoms with van der Waals surface area (Å²) in [4.78, 5) is 0. The molecule has 0 heterocycles. The molecule has 2 nitrogen and oxygen atoms in total. The number of benzene rings is 1. The van der Waals surface area contributed by atoms with Gasteiger partial charge in [0.2, 0.25) is 0 Å². The van der Waals surface area contributed by atoms with Crippen molar-refractivity contribution in [3.8, 4) is 5.75 Å². The van der Waals surface area contributed by atoms with E-state index in [1.165, 1.54) is 25.3 Å². The van der Waals surface area contributed by atoms with Crippen LogP contribution in [-0.4, -0.2) is 12.6 Å². The second-order valence-corrected chi connectivity index (χ2v) is 5.71. The van der Waals surface area contributed by atoms with Gasteiger partial charge in [0.25, 0.3) is 0 Å². The van der Waals surface area contributed by atoms with E-state index in [1.807, 2.05) is 6.07 Å². The van der Waals surface area contributed by atoms with Crippen molar-refractivity contribution >= 4 is 0 Å². The lowest BCUT2D eigenvalue weighted by Crippen LogP contribution is -2.24. The summed E-state index contributed by atoms with van der Waals surface area (Å²) < 4.78 is 20.1. The van der Waals surface area contributed by atoms with E-state index in [-0.39, 0.29) is 18.0 Å². The molecule has 1 atom stereocenters. The summed E-state index contributed by atoms with van der Waals surface area (Å²) in [7, 11) is 0. The average molecular weight is 279 g/mol. The van der Waals surface area contributed by atoms with Crippen molar-refractivity contribution in [2.45, 2.75) is 64.5 Å². The SMILES string of the molecule is CCCNC(C)c1cccc(F)c1OC1CCCCC1. The van der Waals surface area contributed by atoms with Crippen LogP contribution in [0, 0.1) is 5.82 Å². The third-order valence-electron chi connectivity index (χ3n) is 4.00. The minimum absolute atomic E-state index is 0.115. The van der Waals surface area contributed by atoms with Gasteiger partial charge < -0.3 is 10.1 Å². The Bertz CT molecular complexity index is 415. The number of hydrogen-bond acceptors (Lipinski definition) is 2. The lowest BCUT2D eigenvalue weighted by molar-refractivity contribution is 0.146. The molecule has 1 unspecified atom stereocenters. The molecule has 0 spiro atoms. The second kappa shape index (κ2) is 7.63. The largest absolute Gasteiger partial charge is 0.487 e. The van der Waals surface area contributed by atoms with Gasteiger partial charge in [0, 0.05) is 11.6 Å². The van der Waals surface area contributed by atoms with Gasteiger partial charge in [0.1, 0.15) is 0 Å². The van der Waals surface area contributed by atoms with Crippen LogP contribution in [0.2, 0.25) is 0 Å². The second-order valence-electron chi connectivity index (χ2n) is 5.71. The molecule has 0 saturated heterocycles. The lowest BCUT2D eigenvalue weighted by atomic mass is 9.97. The predicted octanol–water partition coefficient (Wildman–Crippen LogP) is 4.60. The predicted molar refractivity (Wildman–Crippen MR) is 80.6 cm³/mol. The number of halogens is 1. The first-order chi connectivity index (χ1) is 9.72. The number of rotatable bonds is 6. The van der Waals surface area contributed by atoms with Crippen LogP contribution in [0.15, 0.2) is 18.2 Å². The molecule has 0 bridgehead atoms. The van der Waals surface area contributed by atoms with Crippen LogP contribution in [0.3, 0.4) is 0 Å². The Balaban J connectivity index is 2.12. The molecule has 0 radical (unpaired) electrons. The quantitative estimate of drug-likeness (QED) is 0.822. The normalized spacial score (nSPS) is 17.9. The molecule has 1 saturated carbocycles. The first-order valence-electron chi connectivity index (χ1n) is 7.90. The van der Waals surface area contributed by atoms with Crippen molar-refractivity contribution < 1.29 is 9.13 Å². The molecule has 112 valence electrons. The Morgan fingerprint density at radius 1 is 1.30 bits per heavy atom. The van der Waals surface area contributed by atoms with E-state index in [1.54, 1.807) is 6.07 Å². The van der Waals surface area contributed by atoms with Crippen LogP contribution in [0.4, 0.5) is 4.39 Å². The van der Waals surface area contributed by atoms with Crippen LogP contribution in [0.5, 0.6) is 5.75 Å². The Kier molecular flexibility index (Phi) is 5.84. The van der Waals surface area contributed by atoms with Gasteiger partial charge in [-0.15, -0.1) is 0 Å². The van der Waals surface area contributed by atoms with Gasteiger partial charge in [-0.2, -0.15) is 0 Å². The van der Waals surface area contributed by atoms with E-state index >= 15 is 0 Å². The number of nitrogens with one attached hydrogen (secondary N) is 1. The molecule has 0 aromatic heterocycles. The van der Waals surface area contributed by atoms with Crippen molar-refractivity contribution in [2.75, 3.05) is 6.54 Å². The van der Waals surface area contributed by atoms with Gasteiger partial charge >= 0.3 is 0 Å².